The lowest BCUT2D eigenvalue weighted by molar-refractivity contribution is -0.139. The van der Waals surface area contributed by atoms with E-state index in [1.54, 1.807) is 0 Å². The highest BCUT2D eigenvalue weighted by Gasteiger charge is 2.27. The molecule has 1 nitrogen and oxygen atoms in total. The van der Waals surface area contributed by atoms with Crippen LogP contribution in [0.1, 0.15) is 19.3 Å². The highest BCUT2D eigenvalue weighted by molar-refractivity contribution is 4.60. The van der Waals surface area contributed by atoms with Crippen LogP contribution < -0.4 is 0 Å². The summed E-state index contributed by atoms with van der Waals surface area (Å²) in [6.07, 6.45) is -6.11. The van der Waals surface area contributed by atoms with E-state index in [-0.39, 0.29) is 12.8 Å². The highest BCUT2D eigenvalue weighted by atomic mass is 19.4. The second-order valence-electron chi connectivity index (χ2n) is 2.10. The van der Waals surface area contributed by atoms with Crippen molar-refractivity contribution in [3.05, 3.63) is 6.92 Å². The molecule has 1 N–H and O–H groups in total. The maximum atomic E-state index is 11.4. The third-order valence-electron chi connectivity index (χ3n) is 1.09. The molecule has 0 heterocycles. The lowest BCUT2D eigenvalue weighted by Crippen LogP contribution is -2.13. The minimum Gasteiger partial charge on any atom is -0.393 e. The second-order valence-corrected chi connectivity index (χ2v) is 2.10. The Bertz CT molecular complexity index is 89.5. The SMILES string of the molecule is [CH2]CC(O)CCC(F)(F)F. The Kier molecular flexibility index (Phi) is 3.71. The first kappa shape index (κ1) is 9.75. The Balaban J connectivity index is 3.36. The Morgan fingerprint density at radius 1 is 1.40 bits per heavy atom. The van der Waals surface area contributed by atoms with Gasteiger partial charge in [-0.25, -0.2) is 0 Å². The number of aliphatic hydroxyl groups excluding tert-OH is 1. The minimum absolute atomic E-state index is 0.135. The van der Waals surface area contributed by atoms with E-state index in [1.807, 2.05) is 0 Å². The molecular weight excluding hydrogens is 145 g/mol. The number of hydrogen-bond donors (Lipinski definition) is 1. The van der Waals surface area contributed by atoms with E-state index in [4.69, 9.17) is 5.11 Å². The summed E-state index contributed by atoms with van der Waals surface area (Å²) in [5.41, 5.74) is 0. The normalized spacial score (nSPS) is 15.3. The minimum atomic E-state index is -4.16. The van der Waals surface area contributed by atoms with Crippen LogP contribution in [0.4, 0.5) is 13.2 Å². The van der Waals surface area contributed by atoms with Crippen LogP contribution in [0.2, 0.25) is 0 Å². The summed E-state index contributed by atoms with van der Waals surface area (Å²) < 4.78 is 34.3. The maximum Gasteiger partial charge on any atom is 0.389 e. The van der Waals surface area contributed by atoms with Crippen molar-refractivity contribution >= 4 is 0 Å². The number of hydrogen-bond acceptors (Lipinski definition) is 1. The monoisotopic (exact) mass is 155 g/mol. The Labute approximate surface area is 57.9 Å². The van der Waals surface area contributed by atoms with Crippen molar-refractivity contribution in [2.45, 2.75) is 31.5 Å². The smallest absolute Gasteiger partial charge is 0.389 e. The van der Waals surface area contributed by atoms with Gasteiger partial charge in [0, 0.05) is 6.42 Å². The first-order valence-corrected chi connectivity index (χ1v) is 3.00. The fourth-order valence-corrected chi connectivity index (χ4v) is 0.475. The zero-order valence-corrected chi connectivity index (χ0v) is 5.49. The molecule has 1 atom stereocenters. The summed E-state index contributed by atoms with van der Waals surface area (Å²) in [5, 5.41) is 8.66. The van der Waals surface area contributed by atoms with E-state index < -0.39 is 18.7 Å². The number of halogens is 3. The molecule has 1 unspecified atom stereocenters. The summed E-state index contributed by atoms with van der Waals surface area (Å²) in [6, 6.07) is 0. The zero-order chi connectivity index (χ0) is 8.20. The van der Waals surface area contributed by atoms with Crippen molar-refractivity contribution < 1.29 is 18.3 Å². The average Bonchev–Trinajstić information content (AvgIpc) is 1.81. The molecule has 0 aromatic heterocycles. The van der Waals surface area contributed by atoms with E-state index in [1.165, 1.54) is 0 Å². The van der Waals surface area contributed by atoms with Gasteiger partial charge in [-0.15, -0.1) is 0 Å². The van der Waals surface area contributed by atoms with Gasteiger partial charge in [0.05, 0.1) is 6.10 Å². The molecule has 0 bridgehead atoms. The Morgan fingerprint density at radius 3 is 2.20 bits per heavy atom. The first-order chi connectivity index (χ1) is 4.45. The van der Waals surface area contributed by atoms with Crippen LogP contribution in [0.15, 0.2) is 0 Å². The summed E-state index contributed by atoms with van der Waals surface area (Å²) >= 11 is 0. The molecule has 10 heavy (non-hydrogen) atoms. The second kappa shape index (κ2) is 3.81. The molecule has 0 aromatic rings. The van der Waals surface area contributed by atoms with Gasteiger partial charge in [-0.1, -0.05) is 6.92 Å². The van der Waals surface area contributed by atoms with Gasteiger partial charge in [0.1, 0.15) is 0 Å². The molecule has 4 heteroatoms. The van der Waals surface area contributed by atoms with Gasteiger partial charge >= 0.3 is 6.18 Å². The van der Waals surface area contributed by atoms with Gasteiger partial charge in [0.25, 0.3) is 0 Å². The number of aliphatic hydroxyl groups is 1. The van der Waals surface area contributed by atoms with Crippen molar-refractivity contribution in [2.75, 3.05) is 0 Å². The molecule has 0 aliphatic rings. The van der Waals surface area contributed by atoms with E-state index in [9.17, 15) is 13.2 Å². The predicted octanol–water partition coefficient (Wildman–Crippen LogP) is 1.91. The lowest BCUT2D eigenvalue weighted by atomic mass is 10.1. The largest absolute Gasteiger partial charge is 0.393 e. The quantitative estimate of drug-likeness (QED) is 0.660. The maximum absolute atomic E-state index is 11.4. The van der Waals surface area contributed by atoms with Crippen LogP contribution in [0.3, 0.4) is 0 Å². The van der Waals surface area contributed by atoms with Gasteiger partial charge in [-0.3, -0.25) is 0 Å². The van der Waals surface area contributed by atoms with Crippen LogP contribution in [0.5, 0.6) is 0 Å². The Morgan fingerprint density at radius 2 is 1.90 bits per heavy atom. The first-order valence-electron chi connectivity index (χ1n) is 3.00. The fraction of sp³-hybridized carbons (Fsp3) is 0.833. The summed E-state index contributed by atoms with van der Waals surface area (Å²) in [6.45, 7) is 3.27. The van der Waals surface area contributed by atoms with Crippen LogP contribution in [-0.4, -0.2) is 17.4 Å². The third-order valence-corrected chi connectivity index (χ3v) is 1.09. The molecule has 0 spiro atoms. The predicted molar refractivity (Wildman–Crippen MR) is 31.3 cm³/mol. The standard InChI is InChI=1S/C6H10F3O/c1-2-5(10)3-4-6(7,8)9/h5,10H,1-4H2. The molecule has 1 radical (unpaired) electrons. The highest BCUT2D eigenvalue weighted by Crippen LogP contribution is 2.22. The molecular formula is C6H10F3O. The van der Waals surface area contributed by atoms with Crippen LogP contribution >= 0.6 is 0 Å². The van der Waals surface area contributed by atoms with Gasteiger partial charge in [0.15, 0.2) is 0 Å². The van der Waals surface area contributed by atoms with Gasteiger partial charge < -0.3 is 5.11 Å². The van der Waals surface area contributed by atoms with E-state index in [0.717, 1.165) is 0 Å². The molecule has 0 amide bonds. The molecule has 0 aromatic carbocycles. The van der Waals surface area contributed by atoms with Crippen molar-refractivity contribution in [1.82, 2.24) is 0 Å². The molecule has 0 saturated carbocycles. The summed E-state index contributed by atoms with van der Waals surface area (Å²) in [4.78, 5) is 0. The van der Waals surface area contributed by atoms with Crippen LogP contribution in [0.25, 0.3) is 0 Å². The van der Waals surface area contributed by atoms with E-state index in [0.29, 0.717) is 0 Å². The average molecular weight is 155 g/mol. The van der Waals surface area contributed by atoms with E-state index >= 15 is 0 Å². The molecule has 61 valence electrons. The van der Waals surface area contributed by atoms with Crippen molar-refractivity contribution in [1.29, 1.82) is 0 Å². The summed E-state index contributed by atoms with van der Waals surface area (Å²) in [5.74, 6) is 0. The van der Waals surface area contributed by atoms with Crippen molar-refractivity contribution in [3.63, 3.8) is 0 Å². The van der Waals surface area contributed by atoms with E-state index in [2.05, 4.69) is 6.92 Å². The fourth-order valence-electron chi connectivity index (χ4n) is 0.475. The third kappa shape index (κ3) is 5.88. The van der Waals surface area contributed by atoms with Gasteiger partial charge in [0.2, 0.25) is 0 Å². The van der Waals surface area contributed by atoms with Crippen LogP contribution in [0, 0.1) is 6.92 Å². The molecule has 0 fully saturated rings. The number of rotatable bonds is 3. The van der Waals surface area contributed by atoms with Crippen LogP contribution in [-0.2, 0) is 0 Å². The van der Waals surface area contributed by atoms with Gasteiger partial charge in [-0.2, -0.15) is 13.2 Å². The summed E-state index contributed by atoms with van der Waals surface area (Å²) in [7, 11) is 0. The Hall–Kier alpha value is -0.250. The lowest BCUT2D eigenvalue weighted by Gasteiger charge is -2.08. The molecule has 0 saturated heterocycles. The van der Waals surface area contributed by atoms with Crippen molar-refractivity contribution in [2.24, 2.45) is 0 Å². The molecule has 0 rings (SSSR count). The van der Waals surface area contributed by atoms with Crippen molar-refractivity contribution in [3.8, 4) is 0 Å². The molecule has 0 aliphatic heterocycles. The molecule has 0 aliphatic carbocycles. The zero-order valence-electron chi connectivity index (χ0n) is 5.49. The topological polar surface area (TPSA) is 20.2 Å². The number of alkyl halides is 3. The van der Waals surface area contributed by atoms with Gasteiger partial charge in [-0.05, 0) is 12.8 Å².